The highest BCUT2D eigenvalue weighted by molar-refractivity contribution is 5.88. The molecule has 15 heavy (non-hydrogen) atoms. The van der Waals surface area contributed by atoms with Gasteiger partial charge in [-0.2, -0.15) is 0 Å². The summed E-state index contributed by atoms with van der Waals surface area (Å²) in [5, 5.41) is 0. The summed E-state index contributed by atoms with van der Waals surface area (Å²) in [7, 11) is 0. The lowest BCUT2D eigenvalue weighted by atomic mass is 9.78. The molecule has 1 saturated heterocycles. The predicted molar refractivity (Wildman–Crippen MR) is 57.3 cm³/mol. The molecule has 2 rings (SSSR count). The molecule has 0 unspecified atom stereocenters. The van der Waals surface area contributed by atoms with Gasteiger partial charge in [-0.1, -0.05) is 6.58 Å². The van der Waals surface area contributed by atoms with Crippen LogP contribution in [0.3, 0.4) is 0 Å². The summed E-state index contributed by atoms with van der Waals surface area (Å²) in [6.45, 7) is 4.31. The Morgan fingerprint density at radius 3 is 3.00 bits per heavy atom. The van der Waals surface area contributed by atoms with E-state index in [9.17, 15) is 9.59 Å². The van der Waals surface area contributed by atoms with Crippen LogP contribution in [0, 0.1) is 5.92 Å². The third-order valence-corrected chi connectivity index (χ3v) is 3.61. The molecule has 2 fully saturated rings. The molecule has 0 aromatic heterocycles. The molecule has 1 heterocycles. The summed E-state index contributed by atoms with van der Waals surface area (Å²) in [5.41, 5.74) is 0. The van der Waals surface area contributed by atoms with Crippen molar-refractivity contribution >= 4 is 11.7 Å². The van der Waals surface area contributed by atoms with Crippen LogP contribution in [0.5, 0.6) is 0 Å². The van der Waals surface area contributed by atoms with Crippen molar-refractivity contribution in [1.29, 1.82) is 0 Å². The van der Waals surface area contributed by atoms with Crippen LogP contribution in [0.1, 0.15) is 32.1 Å². The Morgan fingerprint density at radius 2 is 2.27 bits per heavy atom. The molecule has 0 spiro atoms. The second kappa shape index (κ2) is 4.17. The van der Waals surface area contributed by atoms with Gasteiger partial charge in [0.05, 0.1) is 0 Å². The second-order valence-electron chi connectivity index (χ2n) is 4.49. The molecular weight excluding hydrogens is 190 g/mol. The van der Waals surface area contributed by atoms with Crippen molar-refractivity contribution in [1.82, 2.24) is 4.90 Å². The molecule has 1 aliphatic heterocycles. The average molecular weight is 207 g/mol. The van der Waals surface area contributed by atoms with Crippen molar-refractivity contribution in [3.8, 4) is 0 Å². The maximum absolute atomic E-state index is 11.6. The van der Waals surface area contributed by atoms with Crippen LogP contribution in [0.25, 0.3) is 0 Å². The summed E-state index contributed by atoms with van der Waals surface area (Å²) in [4.78, 5) is 24.9. The fourth-order valence-electron chi connectivity index (χ4n) is 2.82. The zero-order valence-electron chi connectivity index (χ0n) is 8.95. The Morgan fingerprint density at radius 1 is 1.47 bits per heavy atom. The predicted octanol–water partition coefficient (Wildman–Crippen LogP) is 1.53. The Labute approximate surface area is 90.1 Å². The number of Topliss-reactive ketones (excluding diaryl/α,β-unsaturated/α-hetero) is 1. The zero-order valence-corrected chi connectivity index (χ0v) is 8.95. The molecule has 1 amide bonds. The number of amides is 1. The summed E-state index contributed by atoms with van der Waals surface area (Å²) in [6.07, 6.45) is 5.82. The number of hydrogen-bond acceptors (Lipinski definition) is 2. The quantitative estimate of drug-likeness (QED) is 0.611. The molecule has 1 saturated carbocycles. The number of rotatable bonds is 1. The lowest BCUT2D eigenvalue weighted by Gasteiger charge is -2.43. The van der Waals surface area contributed by atoms with Gasteiger partial charge in [0.1, 0.15) is 5.78 Å². The van der Waals surface area contributed by atoms with Gasteiger partial charge in [0, 0.05) is 25.4 Å². The molecule has 82 valence electrons. The molecule has 0 aromatic rings. The summed E-state index contributed by atoms with van der Waals surface area (Å²) >= 11 is 0. The van der Waals surface area contributed by atoms with E-state index < -0.39 is 0 Å². The van der Waals surface area contributed by atoms with Gasteiger partial charge < -0.3 is 4.90 Å². The van der Waals surface area contributed by atoms with Crippen molar-refractivity contribution in [2.24, 2.45) is 5.92 Å². The molecule has 2 aliphatic rings. The summed E-state index contributed by atoms with van der Waals surface area (Å²) in [6, 6.07) is 0.158. The van der Waals surface area contributed by atoms with Gasteiger partial charge in [0.25, 0.3) is 0 Å². The second-order valence-corrected chi connectivity index (χ2v) is 4.49. The van der Waals surface area contributed by atoms with Crippen LogP contribution >= 0.6 is 0 Å². The van der Waals surface area contributed by atoms with Crippen molar-refractivity contribution in [3.63, 3.8) is 0 Å². The molecule has 0 radical (unpaired) electrons. The van der Waals surface area contributed by atoms with Crippen molar-refractivity contribution in [2.75, 3.05) is 6.54 Å². The molecule has 1 aliphatic carbocycles. The minimum atomic E-state index is -0.0144. The number of piperidine rings is 1. The smallest absolute Gasteiger partial charge is 0.246 e. The first-order chi connectivity index (χ1) is 7.22. The molecule has 0 N–H and O–H groups in total. The maximum Gasteiger partial charge on any atom is 0.246 e. The van der Waals surface area contributed by atoms with Gasteiger partial charge in [-0.15, -0.1) is 0 Å². The van der Waals surface area contributed by atoms with Gasteiger partial charge >= 0.3 is 0 Å². The van der Waals surface area contributed by atoms with Gasteiger partial charge in [0.2, 0.25) is 5.91 Å². The largest absolute Gasteiger partial charge is 0.335 e. The van der Waals surface area contributed by atoms with Crippen molar-refractivity contribution < 1.29 is 9.59 Å². The fraction of sp³-hybridized carbons (Fsp3) is 0.667. The molecule has 2 atom stereocenters. The first kappa shape index (κ1) is 10.4. The Kier molecular flexibility index (Phi) is 2.89. The van der Waals surface area contributed by atoms with Crippen molar-refractivity contribution in [3.05, 3.63) is 12.7 Å². The Hall–Kier alpha value is -1.12. The van der Waals surface area contributed by atoms with E-state index in [1.165, 1.54) is 12.5 Å². The minimum Gasteiger partial charge on any atom is -0.335 e. The fourth-order valence-corrected chi connectivity index (χ4v) is 2.82. The van der Waals surface area contributed by atoms with E-state index in [1.54, 1.807) is 0 Å². The van der Waals surface area contributed by atoms with Gasteiger partial charge in [0.15, 0.2) is 0 Å². The number of ketones is 1. The molecule has 3 nitrogen and oxygen atoms in total. The van der Waals surface area contributed by atoms with Crippen LogP contribution in [-0.4, -0.2) is 29.2 Å². The molecule has 0 bridgehead atoms. The highest BCUT2D eigenvalue weighted by atomic mass is 16.2. The van der Waals surface area contributed by atoms with E-state index in [0.29, 0.717) is 24.5 Å². The highest BCUT2D eigenvalue weighted by Gasteiger charge is 2.37. The third-order valence-electron chi connectivity index (χ3n) is 3.61. The van der Waals surface area contributed by atoms with E-state index in [1.807, 2.05) is 4.90 Å². The lowest BCUT2D eigenvalue weighted by Crippen LogP contribution is -2.50. The summed E-state index contributed by atoms with van der Waals surface area (Å²) < 4.78 is 0. The lowest BCUT2D eigenvalue weighted by molar-refractivity contribution is -0.135. The standard InChI is InChI=1S/C12H17NO2/c1-2-12(15)13-7-3-4-9-5-6-10(14)8-11(9)13/h2,9,11H,1,3-8H2/t9-,11+/m1/s1. The third kappa shape index (κ3) is 1.96. The van der Waals surface area contributed by atoms with Crippen LogP contribution < -0.4 is 0 Å². The highest BCUT2D eigenvalue weighted by Crippen LogP contribution is 2.33. The normalized spacial score (nSPS) is 30.9. The van der Waals surface area contributed by atoms with Crippen LogP contribution in [0.15, 0.2) is 12.7 Å². The van der Waals surface area contributed by atoms with Crippen LogP contribution in [-0.2, 0) is 9.59 Å². The Bertz CT molecular complexity index is 298. The first-order valence-electron chi connectivity index (χ1n) is 5.67. The summed E-state index contributed by atoms with van der Waals surface area (Å²) in [5.74, 6) is 0.833. The van der Waals surface area contributed by atoms with E-state index in [2.05, 4.69) is 6.58 Å². The van der Waals surface area contributed by atoms with E-state index in [0.717, 1.165) is 19.4 Å². The van der Waals surface area contributed by atoms with Gasteiger partial charge in [-0.25, -0.2) is 0 Å². The number of carbonyl (C=O) groups is 2. The monoisotopic (exact) mass is 207 g/mol. The van der Waals surface area contributed by atoms with E-state index in [-0.39, 0.29) is 11.9 Å². The van der Waals surface area contributed by atoms with Crippen LogP contribution in [0.2, 0.25) is 0 Å². The van der Waals surface area contributed by atoms with Crippen LogP contribution in [0.4, 0.5) is 0 Å². The van der Waals surface area contributed by atoms with Crippen molar-refractivity contribution in [2.45, 2.75) is 38.1 Å². The average Bonchev–Trinajstić information content (AvgIpc) is 2.27. The topological polar surface area (TPSA) is 37.4 Å². The SMILES string of the molecule is C=CC(=O)N1CCC[C@@H]2CCC(=O)C[C@@H]21. The maximum atomic E-state index is 11.6. The number of fused-ring (bicyclic) bond motifs is 1. The first-order valence-corrected chi connectivity index (χ1v) is 5.67. The minimum absolute atomic E-state index is 0.0144. The van der Waals surface area contributed by atoms with Gasteiger partial charge in [-0.3, -0.25) is 9.59 Å². The zero-order chi connectivity index (χ0) is 10.8. The molecule has 3 heteroatoms. The Balaban J connectivity index is 2.13. The molecule has 0 aromatic carbocycles. The number of nitrogens with zero attached hydrogens (tertiary/aromatic N) is 1. The van der Waals surface area contributed by atoms with E-state index in [4.69, 9.17) is 0 Å². The molecular formula is C12H17NO2. The number of carbonyl (C=O) groups excluding carboxylic acids is 2. The van der Waals surface area contributed by atoms with Gasteiger partial charge in [-0.05, 0) is 31.3 Å². The van der Waals surface area contributed by atoms with E-state index >= 15 is 0 Å². The number of likely N-dealkylation sites (tertiary alicyclic amines) is 1. The number of hydrogen-bond donors (Lipinski definition) is 0.